The topological polar surface area (TPSA) is 100 Å². The lowest BCUT2D eigenvalue weighted by atomic mass is 9.69. The van der Waals surface area contributed by atoms with E-state index in [0.29, 0.717) is 42.8 Å². The minimum atomic E-state index is -0.353. The Bertz CT molecular complexity index is 2100. The Morgan fingerprint density at radius 1 is 0.732 bits per heavy atom. The van der Waals surface area contributed by atoms with Gasteiger partial charge >= 0.3 is 0 Å². The first kappa shape index (κ1) is 36.5. The second-order valence-corrected chi connectivity index (χ2v) is 16.6. The molecular formula is C47H53N5O4. The van der Waals surface area contributed by atoms with Crippen LogP contribution in [0.25, 0.3) is 0 Å². The molecule has 9 rings (SSSR count). The predicted octanol–water partition coefficient (Wildman–Crippen LogP) is 7.13. The Labute approximate surface area is 330 Å². The number of ketones is 2. The summed E-state index contributed by atoms with van der Waals surface area (Å²) in [5, 5.41) is 19.0. The van der Waals surface area contributed by atoms with Crippen LogP contribution in [-0.2, 0) is 22.6 Å². The molecule has 0 aromatic heterocycles. The number of fused-ring (bicyclic) bond motifs is 2. The van der Waals surface area contributed by atoms with Gasteiger partial charge in [0, 0.05) is 81.6 Å². The number of hydrogen-bond acceptors (Lipinski definition) is 8. The van der Waals surface area contributed by atoms with E-state index >= 15 is 0 Å². The van der Waals surface area contributed by atoms with Crippen LogP contribution in [0.15, 0.2) is 84.9 Å². The third-order valence-electron chi connectivity index (χ3n) is 13.4. The number of ether oxygens (including phenoxy) is 1. The number of aromatic hydroxyl groups is 1. The highest BCUT2D eigenvalue weighted by Crippen LogP contribution is 2.47. The van der Waals surface area contributed by atoms with Gasteiger partial charge in [0.25, 0.3) is 0 Å². The van der Waals surface area contributed by atoms with Gasteiger partial charge in [-0.1, -0.05) is 30.3 Å². The zero-order chi connectivity index (χ0) is 38.3. The zero-order valence-electron chi connectivity index (χ0n) is 32.5. The third-order valence-corrected chi connectivity index (χ3v) is 13.4. The third kappa shape index (κ3) is 7.18. The number of piperazine rings is 1. The Balaban J connectivity index is 0.785. The maximum absolute atomic E-state index is 12.6. The van der Waals surface area contributed by atoms with Gasteiger partial charge in [-0.05, 0) is 126 Å². The van der Waals surface area contributed by atoms with Gasteiger partial charge in [0.2, 0.25) is 0 Å². The molecule has 0 spiro atoms. The average Bonchev–Trinajstić information content (AvgIpc) is 3.55. The Hall–Kier alpha value is -5.15. The smallest absolute Gasteiger partial charge is 0.162 e. The maximum Gasteiger partial charge on any atom is 0.162 e. The van der Waals surface area contributed by atoms with Crippen molar-refractivity contribution in [2.45, 2.75) is 69.4 Å². The van der Waals surface area contributed by atoms with Crippen molar-refractivity contribution in [2.24, 2.45) is 5.92 Å². The molecule has 1 saturated carbocycles. The molecule has 2 aliphatic carbocycles. The number of rotatable bonds is 8. The molecule has 2 saturated heterocycles. The molecule has 3 heterocycles. The summed E-state index contributed by atoms with van der Waals surface area (Å²) in [4.78, 5) is 34.0. The van der Waals surface area contributed by atoms with E-state index in [1.54, 1.807) is 7.11 Å². The van der Waals surface area contributed by atoms with Crippen LogP contribution >= 0.6 is 0 Å². The molecule has 4 aromatic carbocycles. The number of carbonyl (C=O) groups is 2. The average molecular weight is 752 g/mol. The number of aryl methyl sites for hydroxylation is 1. The number of carbonyl (C=O) groups excluding carboxylic acids is 2. The van der Waals surface area contributed by atoms with E-state index in [-0.39, 0.29) is 29.9 Å². The monoisotopic (exact) mass is 751 g/mol. The molecular weight excluding hydrogens is 699 g/mol. The van der Waals surface area contributed by atoms with E-state index in [1.165, 1.54) is 46.5 Å². The molecule has 0 amide bonds. The van der Waals surface area contributed by atoms with Gasteiger partial charge in [-0.2, -0.15) is 0 Å². The van der Waals surface area contributed by atoms with Crippen LogP contribution in [0.5, 0.6) is 11.5 Å². The minimum absolute atomic E-state index is 0.00548. The summed E-state index contributed by atoms with van der Waals surface area (Å²) >= 11 is 0. The highest BCUT2D eigenvalue weighted by molar-refractivity contribution is 6.08. The van der Waals surface area contributed by atoms with E-state index in [9.17, 15) is 14.7 Å². The van der Waals surface area contributed by atoms with Crippen molar-refractivity contribution in [1.82, 2.24) is 9.80 Å². The summed E-state index contributed by atoms with van der Waals surface area (Å²) < 4.78 is 5.45. The van der Waals surface area contributed by atoms with Gasteiger partial charge < -0.3 is 24.5 Å². The van der Waals surface area contributed by atoms with E-state index in [4.69, 9.17) is 10.1 Å². The number of benzene rings is 4. The SMILES string of the molecule is COc1ccc([C@@H]2CCc3cc(O)ccc3[C@@H]2c2ccc(N3CCC(CN4CCN(c5ccc6c(c5)CN(C5CCC(=O)CC5=O)C6=N)CC4)CC3)cc2)cc1. The molecule has 9 nitrogen and oxygen atoms in total. The highest BCUT2D eigenvalue weighted by atomic mass is 16.5. The number of Topliss-reactive ketones (excluding diaryl/α,β-unsaturated/α-hetero) is 2. The molecule has 56 heavy (non-hydrogen) atoms. The Kier molecular flexibility index (Phi) is 10.0. The van der Waals surface area contributed by atoms with Crippen LogP contribution in [-0.4, -0.2) is 91.3 Å². The lowest BCUT2D eigenvalue weighted by molar-refractivity contribution is -0.132. The van der Waals surface area contributed by atoms with Crippen molar-refractivity contribution < 1.29 is 19.4 Å². The first-order chi connectivity index (χ1) is 27.3. The highest BCUT2D eigenvalue weighted by Gasteiger charge is 2.38. The summed E-state index contributed by atoms with van der Waals surface area (Å²) in [5.74, 6) is 2.89. The molecule has 3 atom stereocenters. The van der Waals surface area contributed by atoms with Gasteiger partial charge in [-0.3, -0.25) is 19.9 Å². The molecule has 1 unspecified atom stereocenters. The van der Waals surface area contributed by atoms with Gasteiger partial charge in [0.05, 0.1) is 19.6 Å². The van der Waals surface area contributed by atoms with E-state index in [2.05, 4.69) is 87.5 Å². The fourth-order valence-corrected chi connectivity index (χ4v) is 10.3. The van der Waals surface area contributed by atoms with Crippen LogP contribution in [0.4, 0.5) is 11.4 Å². The number of methoxy groups -OCH3 is 1. The Morgan fingerprint density at radius 3 is 2.18 bits per heavy atom. The maximum atomic E-state index is 12.6. The van der Waals surface area contributed by atoms with Crippen LogP contribution in [0, 0.1) is 11.3 Å². The van der Waals surface area contributed by atoms with Crippen molar-refractivity contribution >= 4 is 28.8 Å². The van der Waals surface area contributed by atoms with Gasteiger partial charge in [-0.15, -0.1) is 0 Å². The van der Waals surface area contributed by atoms with Gasteiger partial charge in [0.15, 0.2) is 5.78 Å². The molecule has 9 heteroatoms. The van der Waals surface area contributed by atoms with Crippen LogP contribution < -0.4 is 14.5 Å². The minimum Gasteiger partial charge on any atom is -0.508 e. The normalized spacial score (nSPS) is 23.3. The predicted molar refractivity (Wildman–Crippen MR) is 221 cm³/mol. The fourth-order valence-electron chi connectivity index (χ4n) is 10.3. The standard InChI is InChI=1S/C47H53N5O4/c1-56-40-12-4-32(5-13-40)41-14-6-34-27-38(53)10-16-42(34)46(41)33-2-7-36(8-3-33)50-20-18-31(19-21-50)29-49-22-24-51(25-23-49)37-9-15-43-35(26-37)30-52(47(43)48)44-17-11-39(54)28-45(44)55/h2-5,7-10,12-13,15-16,26-27,31,41,44,46,48,53H,6,11,14,17-25,28-30H2,1H3/t41-,44?,46+/m0/s1. The zero-order valence-corrected chi connectivity index (χ0v) is 32.5. The van der Waals surface area contributed by atoms with Crippen LogP contribution in [0.2, 0.25) is 0 Å². The molecule has 3 aliphatic heterocycles. The number of anilines is 2. The fraction of sp³-hybridized carbons (Fsp3) is 0.426. The number of amidine groups is 1. The first-order valence-electron chi connectivity index (χ1n) is 20.6. The summed E-state index contributed by atoms with van der Waals surface area (Å²) in [7, 11) is 1.71. The van der Waals surface area contributed by atoms with E-state index in [0.717, 1.165) is 75.5 Å². The van der Waals surface area contributed by atoms with Gasteiger partial charge in [-0.25, -0.2) is 0 Å². The quantitative estimate of drug-likeness (QED) is 0.184. The number of nitrogens with one attached hydrogen (secondary N) is 1. The lowest BCUT2D eigenvalue weighted by Crippen LogP contribution is -2.49. The second-order valence-electron chi connectivity index (χ2n) is 16.6. The van der Waals surface area contributed by atoms with Crippen LogP contribution in [0.1, 0.15) is 83.7 Å². The lowest BCUT2D eigenvalue weighted by Gasteiger charge is -2.40. The Morgan fingerprint density at radius 2 is 1.45 bits per heavy atom. The molecule has 3 fully saturated rings. The number of phenolic OH excluding ortho intramolecular Hbond substituents is 1. The van der Waals surface area contributed by atoms with Crippen LogP contribution in [0.3, 0.4) is 0 Å². The van der Waals surface area contributed by atoms with Crippen molar-refractivity contribution in [2.75, 3.05) is 62.7 Å². The van der Waals surface area contributed by atoms with E-state index < -0.39 is 0 Å². The summed E-state index contributed by atoms with van der Waals surface area (Å²) in [6.45, 7) is 7.95. The molecule has 290 valence electrons. The molecule has 0 radical (unpaired) electrons. The number of hydrogen-bond donors (Lipinski definition) is 2. The van der Waals surface area contributed by atoms with Crippen molar-refractivity contribution in [3.63, 3.8) is 0 Å². The van der Waals surface area contributed by atoms with Crippen molar-refractivity contribution in [1.29, 1.82) is 5.41 Å². The molecule has 4 aromatic rings. The number of phenols is 1. The molecule has 2 N–H and O–H groups in total. The van der Waals surface area contributed by atoms with Crippen molar-refractivity contribution in [3.05, 3.63) is 118 Å². The second kappa shape index (κ2) is 15.4. The van der Waals surface area contributed by atoms with Gasteiger partial charge in [0.1, 0.15) is 23.1 Å². The van der Waals surface area contributed by atoms with E-state index in [1.807, 2.05) is 17.0 Å². The summed E-state index contributed by atoms with van der Waals surface area (Å²) in [6, 6.07) is 29.9. The summed E-state index contributed by atoms with van der Waals surface area (Å²) in [5.41, 5.74) is 9.75. The molecule has 0 bridgehead atoms. The summed E-state index contributed by atoms with van der Waals surface area (Å²) in [6.07, 6.45) is 5.34. The number of nitrogens with zero attached hydrogens (tertiary/aromatic N) is 4. The first-order valence-corrected chi connectivity index (χ1v) is 20.6. The largest absolute Gasteiger partial charge is 0.508 e. The molecule has 5 aliphatic rings. The van der Waals surface area contributed by atoms with Crippen molar-refractivity contribution in [3.8, 4) is 11.5 Å². The number of piperidine rings is 1.